The number of benzene rings is 2. The number of ether oxygens (including phenoxy) is 1. The van der Waals surface area contributed by atoms with Crippen LogP contribution in [0.4, 0.5) is 11.5 Å². The second-order valence-electron chi connectivity index (χ2n) is 6.64. The third-order valence-electron chi connectivity index (χ3n) is 4.47. The molecule has 0 radical (unpaired) electrons. The van der Waals surface area contributed by atoms with Crippen molar-refractivity contribution in [3.8, 4) is 5.75 Å². The molecule has 1 N–H and O–H groups in total. The fraction of sp³-hybridized carbons (Fsp3) is 0.136. The van der Waals surface area contributed by atoms with Gasteiger partial charge in [-0.25, -0.2) is 0 Å². The van der Waals surface area contributed by atoms with Crippen molar-refractivity contribution in [2.45, 2.75) is 17.8 Å². The Bertz CT molecular complexity index is 1170. The first-order valence-corrected chi connectivity index (χ1v) is 10.4. The molecule has 0 aliphatic carbocycles. The lowest BCUT2D eigenvalue weighted by Crippen LogP contribution is -2.30. The third kappa shape index (κ3) is 4.38. The molecule has 4 aromatic rings. The Morgan fingerprint density at radius 2 is 1.70 bits per heavy atom. The van der Waals surface area contributed by atoms with Crippen molar-refractivity contribution in [2.75, 3.05) is 12.4 Å². The molecule has 0 unspecified atom stereocenters. The van der Waals surface area contributed by atoms with Crippen molar-refractivity contribution in [3.63, 3.8) is 0 Å². The quantitative estimate of drug-likeness (QED) is 0.455. The van der Waals surface area contributed by atoms with E-state index in [1.807, 2.05) is 36.4 Å². The topological polar surface area (TPSA) is 74.0 Å². The lowest BCUT2D eigenvalue weighted by atomic mass is 10.2. The Hall–Kier alpha value is -3.52. The van der Waals surface area contributed by atoms with Gasteiger partial charge in [-0.2, -0.15) is 4.68 Å². The number of hydrogen-bond donors (Lipinski definition) is 1. The SMILES string of the molecule is COc1ccc(Nc2nnc(SCc3ccc(C)cc3)n(-n3cccc3)c2=O)cc1. The van der Waals surface area contributed by atoms with E-state index in [2.05, 4.69) is 46.7 Å². The predicted molar refractivity (Wildman–Crippen MR) is 119 cm³/mol. The van der Waals surface area contributed by atoms with Gasteiger partial charge in [0.2, 0.25) is 11.0 Å². The van der Waals surface area contributed by atoms with Crippen LogP contribution in [0, 0.1) is 6.92 Å². The monoisotopic (exact) mass is 419 g/mol. The van der Waals surface area contributed by atoms with Crippen molar-refractivity contribution in [1.29, 1.82) is 0 Å². The first-order chi connectivity index (χ1) is 14.6. The molecule has 2 heterocycles. The molecule has 0 saturated carbocycles. The average Bonchev–Trinajstić information content (AvgIpc) is 3.30. The molecule has 0 fully saturated rings. The van der Waals surface area contributed by atoms with E-state index in [4.69, 9.17) is 4.74 Å². The van der Waals surface area contributed by atoms with Gasteiger partial charge in [0.25, 0.3) is 0 Å². The van der Waals surface area contributed by atoms with E-state index in [-0.39, 0.29) is 11.4 Å². The van der Waals surface area contributed by atoms with Crippen LogP contribution in [-0.4, -0.2) is 26.7 Å². The molecule has 2 aromatic carbocycles. The van der Waals surface area contributed by atoms with Crippen LogP contribution >= 0.6 is 11.8 Å². The summed E-state index contributed by atoms with van der Waals surface area (Å²) in [5.74, 6) is 1.56. The fourth-order valence-corrected chi connectivity index (χ4v) is 3.73. The highest BCUT2D eigenvalue weighted by Gasteiger charge is 2.14. The summed E-state index contributed by atoms with van der Waals surface area (Å²) < 4.78 is 8.38. The minimum Gasteiger partial charge on any atom is -0.497 e. The van der Waals surface area contributed by atoms with Crippen LogP contribution in [0.3, 0.4) is 0 Å². The Balaban J connectivity index is 1.64. The number of anilines is 2. The Kier molecular flexibility index (Phi) is 5.85. The van der Waals surface area contributed by atoms with Crippen molar-refractivity contribution >= 4 is 23.3 Å². The van der Waals surface area contributed by atoms with E-state index in [0.717, 1.165) is 17.0 Å². The second-order valence-corrected chi connectivity index (χ2v) is 7.58. The van der Waals surface area contributed by atoms with Gasteiger partial charge in [-0.1, -0.05) is 41.6 Å². The number of nitrogens with zero attached hydrogens (tertiary/aromatic N) is 4. The summed E-state index contributed by atoms with van der Waals surface area (Å²) in [6, 6.07) is 19.3. The van der Waals surface area contributed by atoms with E-state index >= 15 is 0 Å². The predicted octanol–water partition coefficient (Wildman–Crippen LogP) is 4.10. The summed E-state index contributed by atoms with van der Waals surface area (Å²) in [4.78, 5) is 13.2. The van der Waals surface area contributed by atoms with Crippen molar-refractivity contribution in [3.05, 3.63) is 94.5 Å². The molecule has 0 amide bonds. The van der Waals surface area contributed by atoms with Crippen LogP contribution in [0.15, 0.2) is 83.0 Å². The normalized spacial score (nSPS) is 10.7. The number of aromatic nitrogens is 4. The first-order valence-electron chi connectivity index (χ1n) is 9.37. The highest BCUT2D eigenvalue weighted by Crippen LogP contribution is 2.22. The van der Waals surface area contributed by atoms with Gasteiger partial charge < -0.3 is 10.1 Å². The Morgan fingerprint density at radius 1 is 1.00 bits per heavy atom. The van der Waals surface area contributed by atoms with Crippen molar-refractivity contribution < 1.29 is 4.74 Å². The largest absolute Gasteiger partial charge is 0.497 e. The molecule has 152 valence electrons. The molecule has 7 nitrogen and oxygen atoms in total. The molecule has 0 saturated heterocycles. The first kappa shape index (κ1) is 19.8. The maximum atomic E-state index is 13.2. The van der Waals surface area contributed by atoms with Crippen molar-refractivity contribution in [2.24, 2.45) is 0 Å². The smallest absolute Gasteiger partial charge is 0.316 e. The molecule has 30 heavy (non-hydrogen) atoms. The molecule has 0 aliphatic heterocycles. The summed E-state index contributed by atoms with van der Waals surface area (Å²) in [5, 5.41) is 12.0. The molecule has 0 bridgehead atoms. The zero-order valence-electron chi connectivity index (χ0n) is 16.6. The fourth-order valence-electron chi connectivity index (χ4n) is 2.84. The Morgan fingerprint density at radius 3 is 2.37 bits per heavy atom. The van der Waals surface area contributed by atoms with E-state index in [1.165, 1.54) is 22.0 Å². The molecule has 8 heteroatoms. The lowest BCUT2D eigenvalue weighted by Gasteiger charge is -2.14. The molecule has 4 rings (SSSR count). The van der Waals surface area contributed by atoms with E-state index < -0.39 is 0 Å². The summed E-state index contributed by atoms with van der Waals surface area (Å²) in [6.07, 6.45) is 3.60. The van der Waals surface area contributed by atoms with Crippen molar-refractivity contribution in [1.82, 2.24) is 19.5 Å². The van der Waals surface area contributed by atoms with E-state index in [0.29, 0.717) is 10.9 Å². The zero-order valence-corrected chi connectivity index (χ0v) is 17.5. The van der Waals surface area contributed by atoms with Crippen LogP contribution < -0.4 is 15.6 Å². The van der Waals surface area contributed by atoms with E-state index in [9.17, 15) is 4.79 Å². The standard InChI is InChI=1S/C22H21N5O2S/c1-16-5-7-17(8-6-16)15-30-22-25-24-20(21(28)27(22)26-13-3-4-14-26)23-18-9-11-19(29-2)12-10-18/h3-14H,15H2,1-2H3,(H,23,24). The maximum absolute atomic E-state index is 13.2. The zero-order chi connectivity index (χ0) is 20.9. The summed E-state index contributed by atoms with van der Waals surface area (Å²) in [6.45, 7) is 2.06. The molecule has 0 aliphatic rings. The number of thioether (sulfide) groups is 1. The molecular weight excluding hydrogens is 398 g/mol. The van der Waals surface area contributed by atoms with Gasteiger partial charge in [0, 0.05) is 23.8 Å². The minimum atomic E-state index is -0.288. The van der Waals surface area contributed by atoms with Gasteiger partial charge in [0.05, 0.1) is 7.11 Å². The average molecular weight is 420 g/mol. The molecule has 2 aromatic heterocycles. The van der Waals surface area contributed by atoms with Gasteiger partial charge in [-0.3, -0.25) is 9.47 Å². The third-order valence-corrected chi connectivity index (χ3v) is 5.46. The van der Waals surface area contributed by atoms with Crippen LogP contribution in [0.5, 0.6) is 5.75 Å². The van der Waals surface area contributed by atoms with Crippen LogP contribution in [0.25, 0.3) is 0 Å². The highest BCUT2D eigenvalue weighted by molar-refractivity contribution is 7.98. The molecule has 0 spiro atoms. The number of methoxy groups -OCH3 is 1. The summed E-state index contributed by atoms with van der Waals surface area (Å²) >= 11 is 1.46. The molecular formula is C22H21N5O2S. The number of aryl methyl sites for hydroxylation is 1. The number of hydrogen-bond acceptors (Lipinski definition) is 6. The summed E-state index contributed by atoms with van der Waals surface area (Å²) in [5.41, 5.74) is 2.80. The van der Waals surface area contributed by atoms with Crippen LogP contribution in [0.1, 0.15) is 11.1 Å². The number of rotatable bonds is 7. The van der Waals surface area contributed by atoms with Gasteiger partial charge in [-0.15, -0.1) is 10.2 Å². The minimum absolute atomic E-state index is 0.147. The van der Waals surface area contributed by atoms with E-state index in [1.54, 1.807) is 24.2 Å². The van der Waals surface area contributed by atoms with Gasteiger partial charge in [-0.05, 0) is 48.9 Å². The van der Waals surface area contributed by atoms with Gasteiger partial charge in [0.15, 0.2) is 0 Å². The lowest BCUT2D eigenvalue weighted by molar-refractivity contribution is 0.415. The van der Waals surface area contributed by atoms with Crippen LogP contribution in [0.2, 0.25) is 0 Å². The molecule has 0 atom stereocenters. The summed E-state index contributed by atoms with van der Waals surface area (Å²) in [7, 11) is 1.61. The maximum Gasteiger partial charge on any atom is 0.316 e. The van der Waals surface area contributed by atoms with Gasteiger partial charge in [0.1, 0.15) is 5.75 Å². The number of nitrogens with one attached hydrogen (secondary N) is 1. The van der Waals surface area contributed by atoms with Gasteiger partial charge >= 0.3 is 5.56 Å². The Labute approximate surface area is 178 Å². The highest BCUT2D eigenvalue weighted by atomic mass is 32.2. The second kappa shape index (κ2) is 8.87. The van der Waals surface area contributed by atoms with Crippen LogP contribution in [-0.2, 0) is 5.75 Å².